The molecule has 0 saturated heterocycles. The quantitative estimate of drug-likeness (QED) is 0.126. The van der Waals surface area contributed by atoms with Gasteiger partial charge in [0.25, 0.3) is 10.0 Å². The largest absolute Gasteiger partial charge is 0.481 e. The smallest absolute Gasteiger partial charge is 0.305 e. The van der Waals surface area contributed by atoms with E-state index in [1.165, 1.54) is 72.8 Å². The second-order valence-electron chi connectivity index (χ2n) is 11.2. The third-order valence-corrected chi connectivity index (χ3v) is 8.84. The second kappa shape index (κ2) is 14.2. The molecule has 0 spiro atoms. The Labute approximate surface area is 265 Å². The molecule has 0 bridgehead atoms. The van der Waals surface area contributed by atoms with Crippen LogP contribution in [0.1, 0.15) is 55.1 Å². The summed E-state index contributed by atoms with van der Waals surface area (Å²) in [5, 5.41) is 29.8. The van der Waals surface area contributed by atoms with Gasteiger partial charge < -0.3 is 25.6 Å². The minimum absolute atomic E-state index is 0.00360. The molecule has 46 heavy (non-hydrogen) atoms. The van der Waals surface area contributed by atoms with Crippen LogP contribution in [0.15, 0.2) is 77.7 Å². The molecule has 0 aliphatic heterocycles. The molecule has 0 unspecified atom stereocenters. The van der Waals surface area contributed by atoms with Crippen LogP contribution in [0.25, 0.3) is 22.4 Å². The number of anilines is 1. The third-order valence-electron chi connectivity index (χ3n) is 7.39. The normalized spacial score (nSPS) is 13.0. The van der Waals surface area contributed by atoms with Crippen molar-refractivity contribution in [1.82, 2.24) is 4.57 Å². The Morgan fingerprint density at radius 2 is 1.41 bits per heavy atom. The van der Waals surface area contributed by atoms with Gasteiger partial charge in [0.05, 0.1) is 24.3 Å². The molecule has 1 aromatic heterocycles. The number of carboxylic acids is 1. The zero-order valence-corrected chi connectivity index (χ0v) is 26.0. The van der Waals surface area contributed by atoms with Crippen LogP contribution in [0, 0.1) is 11.6 Å². The van der Waals surface area contributed by atoms with Gasteiger partial charge in [0.15, 0.2) is 0 Å². The number of halogens is 2. The molecule has 0 aliphatic rings. The standard InChI is InChI=1S/C33H35F2N3O7S/c1-19(2)30-32(46(44,45)37-25-13-7-22(8-14-25)33(36)43)29(20-3-9-23(34)10-4-20)31(21-5-11-24(35)12-6-21)38(30)16-15-26(39)17-27(40)18-28(41)42/h3-14,19,26-27,37,39-40H,15-18H2,1-2H3,(H2,36,43)(H,41,42)/t26-,27-/m1/s1. The van der Waals surface area contributed by atoms with Gasteiger partial charge >= 0.3 is 5.97 Å². The lowest BCUT2D eigenvalue weighted by atomic mass is 10.00. The molecule has 3 aromatic carbocycles. The van der Waals surface area contributed by atoms with Crippen molar-refractivity contribution in [2.45, 2.75) is 62.7 Å². The highest BCUT2D eigenvalue weighted by Gasteiger charge is 2.34. The van der Waals surface area contributed by atoms with Gasteiger partial charge in [-0.05, 0) is 90.6 Å². The Hall–Kier alpha value is -4.59. The van der Waals surface area contributed by atoms with E-state index in [1.54, 1.807) is 18.4 Å². The first-order valence-corrected chi connectivity index (χ1v) is 15.9. The predicted molar refractivity (Wildman–Crippen MR) is 169 cm³/mol. The van der Waals surface area contributed by atoms with Crippen LogP contribution in [-0.2, 0) is 21.4 Å². The molecular weight excluding hydrogens is 620 g/mol. The van der Waals surface area contributed by atoms with Crippen LogP contribution in [0.4, 0.5) is 14.5 Å². The maximum atomic E-state index is 14.4. The molecule has 0 aliphatic carbocycles. The maximum Gasteiger partial charge on any atom is 0.305 e. The van der Waals surface area contributed by atoms with Crippen LogP contribution in [0.5, 0.6) is 0 Å². The second-order valence-corrected chi connectivity index (χ2v) is 12.9. The molecule has 1 amide bonds. The third kappa shape index (κ3) is 7.97. The highest BCUT2D eigenvalue weighted by molar-refractivity contribution is 7.93. The summed E-state index contributed by atoms with van der Waals surface area (Å²) in [4.78, 5) is 22.4. The summed E-state index contributed by atoms with van der Waals surface area (Å²) in [5.74, 6) is -3.41. The number of carbonyl (C=O) groups is 2. The van der Waals surface area contributed by atoms with E-state index in [0.29, 0.717) is 22.5 Å². The Balaban J connectivity index is 1.96. The van der Waals surface area contributed by atoms with Crippen molar-refractivity contribution in [3.63, 3.8) is 0 Å². The summed E-state index contributed by atoms with van der Waals surface area (Å²) >= 11 is 0. The minimum Gasteiger partial charge on any atom is -0.481 e. The summed E-state index contributed by atoms with van der Waals surface area (Å²) in [6.07, 6.45) is -3.22. The first kappa shape index (κ1) is 34.3. The number of primary amides is 1. The minimum atomic E-state index is -4.42. The number of nitrogens with one attached hydrogen (secondary N) is 1. The van der Waals surface area contributed by atoms with Crippen molar-refractivity contribution in [3.8, 4) is 22.4 Å². The lowest BCUT2D eigenvalue weighted by Crippen LogP contribution is -2.22. The van der Waals surface area contributed by atoms with Gasteiger partial charge in [0, 0.05) is 29.1 Å². The number of amides is 1. The van der Waals surface area contributed by atoms with E-state index >= 15 is 0 Å². The summed E-state index contributed by atoms with van der Waals surface area (Å²) in [6, 6.07) is 16.2. The van der Waals surface area contributed by atoms with Crippen LogP contribution in [0.2, 0.25) is 0 Å². The number of sulfonamides is 1. The zero-order chi connectivity index (χ0) is 33.8. The number of aliphatic hydroxyl groups is 2. The average molecular weight is 656 g/mol. The fraction of sp³-hybridized carbons (Fsp3) is 0.273. The van der Waals surface area contributed by atoms with E-state index < -0.39 is 58.1 Å². The van der Waals surface area contributed by atoms with E-state index in [2.05, 4.69) is 4.72 Å². The van der Waals surface area contributed by atoms with Crippen molar-refractivity contribution < 1.29 is 42.1 Å². The number of carboxylic acid groups (broad SMARTS) is 1. The van der Waals surface area contributed by atoms with Gasteiger partial charge in [-0.15, -0.1) is 0 Å². The van der Waals surface area contributed by atoms with Crippen molar-refractivity contribution in [2.24, 2.45) is 5.73 Å². The summed E-state index contributed by atoms with van der Waals surface area (Å²) in [7, 11) is -4.42. The highest BCUT2D eigenvalue weighted by atomic mass is 32.2. The predicted octanol–water partition coefficient (Wildman–Crippen LogP) is 5.10. The number of aliphatic hydroxyl groups excluding tert-OH is 2. The number of aromatic nitrogens is 1. The topological polar surface area (TPSA) is 172 Å². The Morgan fingerprint density at radius 3 is 1.91 bits per heavy atom. The summed E-state index contributed by atoms with van der Waals surface area (Å²) < 4.78 is 61.1. The van der Waals surface area contributed by atoms with E-state index in [4.69, 9.17) is 10.8 Å². The van der Waals surface area contributed by atoms with Gasteiger partial charge in [0.1, 0.15) is 16.5 Å². The monoisotopic (exact) mass is 655 g/mol. The number of carbonyl (C=O) groups excluding carboxylic acids is 1. The van der Waals surface area contributed by atoms with Crippen molar-refractivity contribution in [2.75, 3.05) is 4.72 Å². The van der Waals surface area contributed by atoms with Gasteiger partial charge in [0.2, 0.25) is 5.91 Å². The molecule has 10 nitrogen and oxygen atoms in total. The maximum absolute atomic E-state index is 14.4. The number of hydrogen-bond acceptors (Lipinski definition) is 6. The molecule has 13 heteroatoms. The average Bonchev–Trinajstić information content (AvgIpc) is 3.33. The molecule has 4 rings (SSSR count). The fourth-order valence-corrected chi connectivity index (χ4v) is 7.04. The van der Waals surface area contributed by atoms with Crippen LogP contribution >= 0.6 is 0 Å². The number of benzene rings is 3. The van der Waals surface area contributed by atoms with Gasteiger partial charge in [-0.3, -0.25) is 14.3 Å². The molecule has 244 valence electrons. The van der Waals surface area contributed by atoms with Gasteiger partial charge in [-0.25, -0.2) is 17.2 Å². The number of nitrogens with two attached hydrogens (primary N) is 1. The Kier molecular flexibility index (Phi) is 10.6. The van der Waals surface area contributed by atoms with Gasteiger partial charge in [-0.2, -0.15) is 0 Å². The molecule has 0 fully saturated rings. The molecule has 4 aromatic rings. The fourth-order valence-electron chi connectivity index (χ4n) is 5.39. The Morgan fingerprint density at radius 1 is 0.870 bits per heavy atom. The Bertz CT molecular complexity index is 1810. The van der Waals surface area contributed by atoms with E-state index in [-0.39, 0.29) is 41.1 Å². The van der Waals surface area contributed by atoms with Crippen LogP contribution in [0.3, 0.4) is 0 Å². The van der Waals surface area contributed by atoms with Crippen LogP contribution in [-0.4, -0.2) is 52.4 Å². The van der Waals surface area contributed by atoms with E-state index in [9.17, 15) is 37.0 Å². The molecule has 6 N–H and O–H groups in total. The number of aliphatic carboxylic acids is 1. The molecule has 0 radical (unpaired) electrons. The molecule has 2 atom stereocenters. The van der Waals surface area contributed by atoms with E-state index in [0.717, 1.165) is 0 Å². The van der Waals surface area contributed by atoms with Gasteiger partial charge in [-0.1, -0.05) is 26.0 Å². The highest BCUT2D eigenvalue weighted by Crippen LogP contribution is 2.45. The number of nitrogens with zero attached hydrogens (tertiary/aromatic N) is 1. The lowest BCUT2D eigenvalue weighted by Gasteiger charge is -2.20. The van der Waals surface area contributed by atoms with Crippen molar-refractivity contribution in [1.29, 1.82) is 0 Å². The number of rotatable bonds is 14. The molecule has 0 saturated carbocycles. The number of hydrogen-bond donors (Lipinski definition) is 5. The van der Waals surface area contributed by atoms with Crippen molar-refractivity contribution >= 4 is 27.6 Å². The molecule has 1 heterocycles. The lowest BCUT2D eigenvalue weighted by molar-refractivity contribution is -0.139. The SMILES string of the molecule is CC(C)c1c(S(=O)(=O)Nc2ccc(C(N)=O)cc2)c(-c2ccc(F)cc2)c(-c2ccc(F)cc2)n1CC[C@@H](O)C[C@@H](O)CC(=O)O. The summed E-state index contributed by atoms with van der Waals surface area (Å²) in [6.45, 7) is 3.59. The molecular formula is C33H35F2N3O7S. The van der Waals surface area contributed by atoms with Crippen LogP contribution < -0.4 is 10.5 Å². The zero-order valence-electron chi connectivity index (χ0n) is 25.2. The first-order valence-electron chi connectivity index (χ1n) is 14.5. The van der Waals surface area contributed by atoms with E-state index in [1.807, 2.05) is 0 Å². The first-order chi connectivity index (χ1) is 21.7. The summed E-state index contributed by atoms with van der Waals surface area (Å²) in [5.41, 5.74) is 7.33. The van der Waals surface area contributed by atoms with Crippen molar-refractivity contribution in [3.05, 3.63) is 95.7 Å².